The van der Waals surface area contributed by atoms with Gasteiger partial charge in [-0.05, 0) is 55.9 Å². The summed E-state index contributed by atoms with van der Waals surface area (Å²) in [5, 5.41) is 5.80. The Balaban J connectivity index is 1.77. The van der Waals surface area contributed by atoms with Gasteiger partial charge >= 0.3 is 0 Å². The highest BCUT2D eigenvalue weighted by molar-refractivity contribution is 7.98. The maximum absolute atomic E-state index is 12.1. The maximum atomic E-state index is 12.1. The van der Waals surface area contributed by atoms with Crippen LogP contribution in [0.2, 0.25) is 0 Å². The summed E-state index contributed by atoms with van der Waals surface area (Å²) in [5.74, 6) is 1.26. The zero-order chi connectivity index (χ0) is 18.2. The lowest BCUT2D eigenvalue weighted by Gasteiger charge is -2.18. The summed E-state index contributed by atoms with van der Waals surface area (Å²) < 4.78 is 5.47. The third kappa shape index (κ3) is 6.96. The molecule has 25 heavy (non-hydrogen) atoms. The van der Waals surface area contributed by atoms with E-state index in [1.54, 1.807) is 23.9 Å². The molecule has 138 valence electrons. The summed E-state index contributed by atoms with van der Waals surface area (Å²) in [4.78, 5) is 23.7. The van der Waals surface area contributed by atoms with E-state index in [2.05, 4.69) is 10.6 Å². The number of hydrogen-bond donors (Lipinski definition) is 3. The number of rotatable bonds is 10. The van der Waals surface area contributed by atoms with Gasteiger partial charge in [-0.2, -0.15) is 11.8 Å². The monoisotopic (exact) mass is 365 g/mol. The second-order valence-electron chi connectivity index (χ2n) is 6.32. The molecule has 2 rings (SSSR count). The highest BCUT2D eigenvalue weighted by Gasteiger charge is 2.23. The molecule has 0 saturated heterocycles. The number of nitrogens with two attached hydrogens (primary N) is 1. The van der Waals surface area contributed by atoms with Crippen molar-refractivity contribution >= 4 is 23.6 Å². The molecule has 1 aromatic rings. The number of nitrogens with one attached hydrogen (secondary N) is 2. The van der Waals surface area contributed by atoms with Crippen molar-refractivity contribution in [2.75, 3.05) is 18.6 Å². The lowest BCUT2D eigenvalue weighted by atomic mass is 10.1. The molecule has 6 nitrogen and oxygen atoms in total. The van der Waals surface area contributed by atoms with Gasteiger partial charge in [0.05, 0.1) is 12.1 Å². The Bertz CT molecular complexity index is 575. The van der Waals surface area contributed by atoms with Crippen LogP contribution in [0.3, 0.4) is 0 Å². The van der Waals surface area contributed by atoms with E-state index in [0.29, 0.717) is 18.2 Å². The van der Waals surface area contributed by atoms with Gasteiger partial charge in [-0.1, -0.05) is 12.1 Å². The highest BCUT2D eigenvalue weighted by atomic mass is 32.2. The number of amides is 2. The van der Waals surface area contributed by atoms with Gasteiger partial charge in [0.1, 0.15) is 5.75 Å². The Morgan fingerprint density at radius 1 is 1.32 bits per heavy atom. The van der Waals surface area contributed by atoms with Crippen molar-refractivity contribution in [2.24, 2.45) is 5.73 Å². The summed E-state index contributed by atoms with van der Waals surface area (Å²) in [7, 11) is 0. The van der Waals surface area contributed by atoms with Crippen molar-refractivity contribution in [3.8, 4) is 5.75 Å². The van der Waals surface area contributed by atoms with Crippen LogP contribution in [-0.2, 0) is 9.59 Å². The lowest BCUT2D eigenvalue weighted by molar-refractivity contribution is -0.123. The van der Waals surface area contributed by atoms with E-state index in [9.17, 15) is 9.59 Å². The molecule has 1 aliphatic rings. The number of carbonyl (C=O) groups excluding carboxylic acids is 2. The smallest absolute Gasteiger partial charge is 0.258 e. The molecule has 1 saturated carbocycles. The molecule has 2 atom stereocenters. The average molecular weight is 365 g/mol. The molecule has 4 N–H and O–H groups in total. The van der Waals surface area contributed by atoms with E-state index < -0.39 is 6.04 Å². The van der Waals surface area contributed by atoms with Crippen LogP contribution < -0.4 is 21.1 Å². The second-order valence-corrected chi connectivity index (χ2v) is 7.30. The molecule has 1 aliphatic carbocycles. The fourth-order valence-electron chi connectivity index (χ4n) is 2.28. The molecular formula is C18H27N3O3S. The molecule has 0 radical (unpaired) electrons. The SMILES string of the molecule is CSCC[C@H](N)C(=O)NC(C)c1ccc(OCC(=O)NC2CC2)cc1. The lowest BCUT2D eigenvalue weighted by Crippen LogP contribution is -2.41. The predicted octanol–water partition coefficient (Wildman–Crippen LogP) is 1.60. The minimum absolute atomic E-state index is 0.0203. The van der Waals surface area contributed by atoms with E-state index >= 15 is 0 Å². The standard InChI is InChI=1S/C18H27N3O3S/c1-12(20-18(23)16(19)9-10-25-2)13-3-7-15(8-4-13)24-11-17(22)21-14-5-6-14/h3-4,7-8,12,14,16H,5-6,9-11,19H2,1-2H3,(H,20,23)(H,21,22)/t12?,16-/m0/s1. The first-order valence-electron chi connectivity index (χ1n) is 8.56. The fraction of sp³-hybridized carbons (Fsp3) is 0.556. The normalized spacial score (nSPS) is 16.0. The number of thioether (sulfide) groups is 1. The largest absolute Gasteiger partial charge is 0.484 e. The Morgan fingerprint density at radius 2 is 2.00 bits per heavy atom. The van der Waals surface area contributed by atoms with E-state index in [1.807, 2.05) is 25.3 Å². The molecule has 1 unspecified atom stereocenters. The molecule has 0 bridgehead atoms. The summed E-state index contributed by atoms with van der Waals surface area (Å²) >= 11 is 1.67. The van der Waals surface area contributed by atoms with Crippen molar-refractivity contribution in [1.29, 1.82) is 0 Å². The fourth-order valence-corrected chi connectivity index (χ4v) is 2.77. The van der Waals surface area contributed by atoms with Gasteiger partial charge < -0.3 is 21.1 Å². The number of benzene rings is 1. The summed E-state index contributed by atoms with van der Waals surface area (Å²) in [6.07, 6.45) is 4.78. The third-order valence-electron chi connectivity index (χ3n) is 4.02. The quantitative estimate of drug-likeness (QED) is 0.586. The second kappa shape index (κ2) is 9.68. The van der Waals surface area contributed by atoms with Gasteiger partial charge in [0.2, 0.25) is 5.91 Å². The average Bonchev–Trinajstić information content (AvgIpc) is 3.42. The van der Waals surface area contributed by atoms with Crippen LogP contribution in [0.25, 0.3) is 0 Å². The van der Waals surface area contributed by atoms with Gasteiger partial charge in [-0.3, -0.25) is 9.59 Å². The van der Waals surface area contributed by atoms with Crippen LogP contribution in [0.15, 0.2) is 24.3 Å². The van der Waals surface area contributed by atoms with Crippen molar-refractivity contribution < 1.29 is 14.3 Å². The number of ether oxygens (including phenoxy) is 1. The van der Waals surface area contributed by atoms with Crippen molar-refractivity contribution in [2.45, 2.75) is 44.3 Å². The minimum atomic E-state index is -0.484. The van der Waals surface area contributed by atoms with Crippen LogP contribution in [0.1, 0.15) is 37.8 Å². The topological polar surface area (TPSA) is 93.5 Å². The maximum Gasteiger partial charge on any atom is 0.258 e. The zero-order valence-electron chi connectivity index (χ0n) is 14.8. The van der Waals surface area contributed by atoms with Gasteiger partial charge in [-0.15, -0.1) is 0 Å². The molecule has 2 amide bonds. The van der Waals surface area contributed by atoms with Crippen LogP contribution in [-0.4, -0.2) is 42.5 Å². The van der Waals surface area contributed by atoms with Gasteiger partial charge in [-0.25, -0.2) is 0 Å². The van der Waals surface area contributed by atoms with E-state index in [0.717, 1.165) is 24.2 Å². The molecule has 7 heteroatoms. The minimum Gasteiger partial charge on any atom is -0.484 e. The predicted molar refractivity (Wildman–Crippen MR) is 101 cm³/mol. The van der Waals surface area contributed by atoms with Crippen LogP contribution in [0.5, 0.6) is 5.75 Å². The number of hydrogen-bond acceptors (Lipinski definition) is 5. The molecule has 0 aliphatic heterocycles. The van der Waals surface area contributed by atoms with Crippen LogP contribution in [0, 0.1) is 0 Å². The van der Waals surface area contributed by atoms with Crippen molar-refractivity contribution in [3.05, 3.63) is 29.8 Å². The van der Waals surface area contributed by atoms with Crippen LogP contribution >= 0.6 is 11.8 Å². The Hall–Kier alpha value is -1.73. The first-order chi connectivity index (χ1) is 12.0. The molecule has 1 fully saturated rings. The van der Waals surface area contributed by atoms with Crippen LogP contribution in [0.4, 0.5) is 0 Å². The van der Waals surface area contributed by atoms with E-state index in [4.69, 9.17) is 10.5 Å². The Labute approximate surface area is 153 Å². The van der Waals surface area contributed by atoms with Gasteiger partial charge in [0, 0.05) is 6.04 Å². The molecule has 1 aromatic carbocycles. The third-order valence-corrected chi connectivity index (χ3v) is 4.66. The Kier molecular flexibility index (Phi) is 7.58. The first kappa shape index (κ1) is 19.6. The Morgan fingerprint density at radius 3 is 2.60 bits per heavy atom. The molecule has 0 aromatic heterocycles. The zero-order valence-corrected chi connectivity index (χ0v) is 15.6. The summed E-state index contributed by atoms with van der Waals surface area (Å²) in [6.45, 7) is 1.94. The van der Waals surface area contributed by atoms with Crippen molar-refractivity contribution in [3.63, 3.8) is 0 Å². The number of carbonyl (C=O) groups is 2. The van der Waals surface area contributed by atoms with Gasteiger partial charge in [0.25, 0.3) is 5.91 Å². The summed E-state index contributed by atoms with van der Waals surface area (Å²) in [6, 6.07) is 7.08. The summed E-state index contributed by atoms with van der Waals surface area (Å²) in [5.41, 5.74) is 6.84. The molecular weight excluding hydrogens is 338 g/mol. The van der Waals surface area contributed by atoms with E-state index in [-0.39, 0.29) is 24.5 Å². The first-order valence-corrected chi connectivity index (χ1v) is 9.96. The molecule has 0 spiro atoms. The van der Waals surface area contributed by atoms with Gasteiger partial charge in [0.15, 0.2) is 6.61 Å². The van der Waals surface area contributed by atoms with E-state index in [1.165, 1.54) is 0 Å². The molecule has 0 heterocycles. The highest BCUT2D eigenvalue weighted by Crippen LogP contribution is 2.19. The van der Waals surface area contributed by atoms with Crippen molar-refractivity contribution in [1.82, 2.24) is 10.6 Å².